The molecule has 0 aliphatic carbocycles. The predicted molar refractivity (Wildman–Crippen MR) is 61.6 cm³/mol. The van der Waals surface area contributed by atoms with Gasteiger partial charge in [-0.25, -0.2) is 0 Å². The van der Waals surface area contributed by atoms with Crippen molar-refractivity contribution in [3.8, 4) is 0 Å². The van der Waals surface area contributed by atoms with E-state index in [2.05, 4.69) is 9.72 Å². The van der Waals surface area contributed by atoms with Gasteiger partial charge in [0.05, 0.1) is 5.02 Å². The maximum absolute atomic E-state index is 11.9. The molecule has 0 amide bonds. The molecular formula is C11H10ClNO5. The van der Waals surface area contributed by atoms with Crippen molar-refractivity contribution in [1.29, 1.82) is 0 Å². The number of carboxylic acids is 1. The van der Waals surface area contributed by atoms with Gasteiger partial charge < -0.3 is 9.84 Å². The normalized spacial score (nSPS) is 11.9. The van der Waals surface area contributed by atoms with Crippen LogP contribution < -0.4 is 0 Å². The Hall–Kier alpha value is -1.79. The van der Waals surface area contributed by atoms with E-state index >= 15 is 0 Å². The Morgan fingerprint density at radius 1 is 1.44 bits per heavy atom. The number of halogens is 1. The van der Waals surface area contributed by atoms with E-state index in [4.69, 9.17) is 16.7 Å². The molecule has 1 aromatic rings. The summed E-state index contributed by atoms with van der Waals surface area (Å²) in [6.45, 7) is -0.448. The summed E-state index contributed by atoms with van der Waals surface area (Å²) in [5, 5.41) is 9.11. The highest BCUT2D eigenvalue weighted by Crippen LogP contribution is 2.14. The molecule has 1 unspecified atom stereocenters. The summed E-state index contributed by atoms with van der Waals surface area (Å²) in [5.41, 5.74) is -0.0284. The Balaban J connectivity index is 3.04. The zero-order chi connectivity index (χ0) is 13.7. The number of aromatic nitrogens is 1. The van der Waals surface area contributed by atoms with Crippen molar-refractivity contribution in [2.75, 3.05) is 13.7 Å². The Morgan fingerprint density at radius 2 is 2.11 bits per heavy atom. The van der Waals surface area contributed by atoms with E-state index in [1.165, 1.54) is 19.4 Å². The van der Waals surface area contributed by atoms with Gasteiger partial charge in [0.15, 0.2) is 17.5 Å². The number of carbonyl (C=O) groups excluding carboxylic acids is 2. The van der Waals surface area contributed by atoms with Crippen LogP contribution in [0.5, 0.6) is 0 Å². The fourth-order valence-corrected chi connectivity index (χ4v) is 1.51. The van der Waals surface area contributed by atoms with Gasteiger partial charge in [-0.2, -0.15) is 0 Å². The summed E-state index contributed by atoms with van der Waals surface area (Å²) in [6, 6.07) is 1.26. The quantitative estimate of drug-likeness (QED) is 0.608. The first-order valence-electron chi connectivity index (χ1n) is 4.86. The standard InChI is InChI=1S/C11H10ClNO5/c1-18-5-8(14)9(11(16)17)10(15)6-2-7(12)4-13-3-6/h2-4,9H,5H2,1H3,(H,16,17). The molecule has 0 aliphatic heterocycles. The summed E-state index contributed by atoms with van der Waals surface area (Å²) in [5.74, 6) is -5.01. The maximum atomic E-state index is 11.9. The van der Waals surface area contributed by atoms with Crippen LogP contribution in [-0.2, 0) is 14.3 Å². The van der Waals surface area contributed by atoms with Crippen LogP contribution in [0, 0.1) is 5.92 Å². The first-order valence-corrected chi connectivity index (χ1v) is 5.24. The first kappa shape index (κ1) is 14.3. The Bertz CT molecular complexity index is 488. The number of ether oxygens (including phenoxy) is 1. The van der Waals surface area contributed by atoms with Crippen LogP contribution in [-0.4, -0.2) is 41.3 Å². The monoisotopic (exact) mass is 271 g/mol. The number of carbonyl (C=O) groups is 3. The molecule has 0 bridgehead atoms. The number of methoxy groups -OCH3 is 1. The van der Waals surface area contributed by atoms with E-state index in [-0.39, 0.29) is 10.6 Å². The number of aliphatic carboxylic acids is 1. The first-order chi connectivity index (χ1) is 8.47. The molecule has 1 rings (SSSR count). The molecule has 96 valence electrons. The van der Waals surface area contributed by atoms with Crippen LogP contribution in [0.25, 0.3) is 0 Å². The minimum Gasteiger partial charge on any atom is -0.480 e. The van der Waals surface area contributed by atoms with Gasteiger partial charge >= 0.3 is 5.97 Å². The van der Waals surface area contributed by atoms with Gasteiger partial charge in [-0.1, -0.05) is 11.6 Å². The minimum absolute atomic E-state index is 0.0284. The van der Waals surface area contributed by atoms with Crippen LogP contribution in [0.2, 0.25) is 5.02 Å². The smallest absolute Gasteiger partial charge is 0.322 e. The highest BCUT2D eigenvalue weighted by Gasteiger charge is 2.34. The zero-order valence-electron chi connectivity index (χ0n) is 9.42. The van der Waals surface area contributed by atoms with Crippen molar-refractivity contribution >= 4 is 29.1 Å². The number of hydrogen-bond donors (Lipinski definition) is 1. The average molecular weight is 272 g/mol. The van der Waals surface area contributed by atoms with Crippen molar-refractivity contribution in [2.45, 2.75) is 0 Å². The van der Waals surface area contributed by atoms with Gasteiger partial charge in [0.25, 0.3) is 0 Å². The second-order valence-electron chi connectivity index (χ2n) is 3.43. The lowest BCUT2D eigenvalue weighted by atomic mass is 9.95. The Kier molecular flexibility index (Phi) is 4.94. The zero-order valence-corrected chi connectivity index (χ0v) is 10.2. The van der Waals surface area contributed by atoms with E-state index in [9.17, 15) is 14.4 Å². The summed E-state index contributed by atoms with van der Waals surface area (Å²) >= 11 is 5.64. The van der Waals surface area contributed by atoms with Gasteiger partial charge in [0.2, 0.25) is 0 Å². The number of hydrogen-bond acceptors (Lipinski definition) is 5. The number of nitrogens with zero attached hydrogens (tertiary/aromatic N) is 1. The average Bonchev–Trinajstić information content (AvgIpc) is 2.28. The number of carboxylic acid groups (broad SMARTS) is 1. The van der Waals surface area contributed by atoms with Gasteiger partial charge in [0, 0.05) is 25.1 Å². The summed E-state index contributed by atoms with van der Waals surface area (Å²) in [6.07, 6.45) is 2.45. The Morgan fingerprint density at radius 3 is 2.61 bits per heavy atom. The molecule has 0 radical (unpaired) electrons. The summed E-state index contributed by atoms with van der Waals surface area (Å²) < 4.78 is 4.54. The molecule has 0 saturated carbocycles. The maximum Gasteiger partial charge on any atom is 0.322 e. The third-order valence-corrected chi connectivity index (χ3v) is 2.31. The molecule has 0 fully saturated rings. The molecule has 1 aromatic heterocycles. The molecule has 0 saturated heterocycles. The van der Waals surface area contributed by atoms with Crippen molar-refractivity contribution in [2.24, 2.45) is 5.92 Å². The van der Waals surface area contributed by atoms with E-state index in [0.29, 0.717) is 0 Å². The fraction of sp³-hybridized carbons (Fsp3) is 0.273. The molecule has 0 aromatic carbocycles. The molecule has 6 nitrogen and oxygen atoms in total. The number of Topliss-reactive ketones (excluding diaryl/α,β-unsaturated/α-hetero) is 2. The summed E-state index contributed by atoms with van der Waals surface area (Å²) in [7, 11) is 1.24. The van der Waals surface area contributed by atoms with Crippen LogP contribution in [0.15, 0.2) is 18.5 Å². The lowest BCUT2D eigenvalue weighted by Crippen LogP contribution is -2.34. The molecule has 0 aliphatic rings. The minimum atomic E-state index is -1.80. The second kappa shape index (κ2) is 6.23. The predicted octanol–water partition coefficient (Wildman–Crippen LogP) is 0.834. The fourth-order valence-electron chi connectivity index (χ4n) is 1.33. The van der Waals surface area contributed by atoms with E-state index in [1.54, 1.807) is 0 Å². The SMILES string of the molecule is COCC(=O)C(C(=O)O)C(=O)c1cncc(Cl)c1. The molecule has 1 N–H and O–H groups in total. The molecule has 7 heteroatoms. The molecule has 18 heavy (non-hydrogen) atoms. The van der Waals surface area contributed by atoms with E-state index in [0.717, 1.165) is 6.20 Å². The topological polar surface area (TPSA) is 93.6 Å². The van der Waals surface area contributed by atoms with Gasteiger partial charge in [-0.3, -0.25) is 19.4 Å². The molecule has 1 atom stereocenters. The molecule has 0 spiro atoms. The van der Waals surface area contributed by atoms with Crippen molar-refractivity contribution in [3.63, 3.8) is 0 Å². The number of pyridine rings is 1. The van der Waals surface area contributed by atoms with Crippen LogP contribution in [0.3, 0.4) is 0 Å². The van der Waals surface area contributed by atoms with Crippen LogP contribution in [0.1, 0.15) is 10.4 Å². The van der Waals surface area contributed by atoms with Crippen LogP contribution in [0.4, 0.5) is 0 Å². The third-order valence-electron chi connectivity index (χ3n) is 2.11. The van der Waals surface area contributed by atoms with Crippen molar-refractivity contribution in [1.82, 2.24) is 4.98 Å². The largest absolute Gasteiger partial charge is 0.480 e. The van der Waals surface area contributed by atoms with E-state index in [1.807, 2.05) is 0 Å². The van der Waals surface area contributed by atoms with Crippen LogP contribution >= 0.6 is 11.6 Å². The lowest BCUT2D eigenvalue weighted by Gasteiger charge is -2.09. The van der Waals surface area contributed by atoms with Gasteiger partial charge in [-0.15, -0.1) is 0 Å². The third kappa shape index (κ3) is 3.35. The van der Waals surface area contributed by atoms with E-state index < -0.39 is 30.1 Å². The van der Waals surface area contributed by atoms with Gasteiger partial charge in [0.1, 0.15) is 6.61 Å². The van der Waals surface area contributed by atoms with Gasteiger partial charge in [-0.05, 0) is 6.07 Å². The number of ketones is 2. The second-order valence-corrected chi connectivity index (χ2v) is 3.86. The Labute approximate surface area is 108 Å². The lowest BCUT2D eigenvalue weighted by molar-refractivity contribution is -0.145. The van der Waals surface area contributed by atoms with Crippen molar-refractivity contribution in [3.05, 3.63) is 29.0 Å². The summed E-state index contributed by atoms with van der Waals surface area (Å²) in [4.78, 5) is 38.0. The molecular weight excluding hydrogens is 262 g/mol. The highest BCUT2D eigenvalue weighted by molar-refractivity contribution is 6.31. The number of rotatable bonds is 6. The van der Waals surface area contributed by atoms with Crippen molar-refractivity contribution < 1.29 is 24.2 Å². The highest BCUT2D eigenvalue weighted by atomic mass is 35.5. The molecule has 1 heterocycles.